The van der Waals surface area contributed by atoms with Crippen LogP contribution in [0, 0.1) is 13.8 Å². The molecule has 0 heterocycles. The first-order valence-electron chi connectivity index (χ1n) is 11.6. The molecule has 0 aromatic heterocycles. The van der Waals surface area contributed by atoms with Gasteiger partial charge >= 0.3 is 0 Å². The van der Waals surface area contributed by atoms with Crippen LogP contribution in [0.1, 0.15) is 41.7 Å². The van der Waals surface area contributed by atoms with E-state index in [-0.39, 0.29) is 24.3 Å². The van der Waals surface area contributed by atoms with Crippen LogP contribution < -0.4 is 5.32 Å². The second kappa shape index (κ2) is 11.5. The Kier molecular flexibility index (Phi) is 8.42. The van der Waals surface area contributed by atoms with Crippen LogP contribution in [0.25, 0.3) is 0 Å². The van der Waals surface area contributed by atoms with E-state index in [4.69, 9.17) is 0 Å². The van der Waals surface area contributed by atoms with Gasteiger partial charge < -0.3 is 10.2 Å². The third-order valence-corrected chi connectivity index (χ3v) is 5.91. The first kappa shape index (κ1) is 24.2. The molecule has 1 unspecified atom stereocenters. The molecule has 33 heavy (non-hydrogen) atoms. The molecule has 0 aliphatic carbocycles. The fraction of sp³-hybridized carbons (Fsp3) is 0.310. The predicted octanol–water partition coefficient (Wildman–Crippen LogP) is 5.01. The van der Waals surface area contributed by atoms with Crippen molar-refractivity contribution in [1.29, 1.82) is 0 Å². The van der Waals surface area contributed by atoms with Crippen LogP contribution in [0.5, 0.6) is 0 Å². The molecule has 3 aromatic rings. The number of benzene rings is 3. The molecule has 172 valence electrons. The van der Waals surface area contributed by atoms with E-state index in [1.165, 1.54) is 0 Å². The monoisotopic (exact) mass is 442 g/mol. The molecule has 0 radical (unpaired) electrons. The molecule has 0 saturated carbocycles. The van der Waals surface area contributed by atoms with Gasteiger partial charge in [-0.15, -0.1) is 0 Å². The number of nitrogens with one attached hydrogen (secondary N) is 1. The van der Waals surface area contributed by atoms with Gasteiger partial charge in [0.25, 0.3) is 0 Å². The minimum absolute atomic E-state index is 0.0115. The third-order valence-electron chi connectivity index (χ3n) is 5.91. The summed E-state index contributed by atoms with van der Waals surface area (Å²) in [6, 6.07) is 25.3. The molecule has 0 spiro atoms. The SMILES string of the molecule is Cc1ccccc1CC(=O)N(Cc1ccccc1C)C(Cc1ccccc1)C(=O)NC(C)C. The number of aryl methyl sites for hydroxylation is 2. The van der Waals surface area contributed by atoms with E-state index in [1.54, 1.807) is 4.90 Å². The Bertz CT molecular complexity index is 1080. The van der Waals surface area contributed by atoms with Gasteiger partial charge in [-0.25, -0.2) is 0 Å². The van der Waals surface area contributed by atoms with Crippen molar-refractivity contribution in [2.24, 2.45) is 0 Å². The van der Waals surface area contributed by atoms with E-state index in [9.17, 15) is 9.59 Å². The van der Waals surface area contributed by atoms with Gasteiger partial charge in [0, 0.05) is 19.0 Å². The first-order valence-corrected chi connectivity index (χ1v) is 11.6. The molecule has 3 aromatic carbocycles. The van der Waals surface area contributed by atoms with Gasteiger partial charge in [0.1, 0.15) is 6.04 Å². The predicted molar refractivity (Wildman–Crippen MR) is 134 cm³/mol. The summed E-state index contributed by atoms with van der Waals surface area (Å²) in [5.41, 5.74) is 5.24. The molecule has 0 fully saturated rings. The first-order chi connectivity index (χ1) is 15.8. The highest BCUT2D eigenvalue weighted by atomic mass is 16.2. The summed E-state index contributed by atoms with van der Waals surface area (Å²) >= 11 is 0. The maximum Gasteiger partial charge on any atom is 0.243 e. The largest absolute Gasteiger partial charge is 0.352 e. The van der Waals surface area contributed by atoms with Crippen molar-refractivity contribution in [3.63, 3.8) is 0 Å². The third kappa shape index (κ3) is 6.79. The molecule has 4 nitrogen and oxygen atoms in total. The summed E-state index contributed by atoms with van der Waals surface area (Å²) in [5.74, 6) is -0.173. The summed E-state index contributed by atoms with van der Waals surface area (Å²) in [6.45, 7) is 8.33. The van der Waals surface area contributed by atoms with Crippen molar-refractivity contribution in [1.82, 2.24) is 10.2 Å². The average Bonchev–Trinajstić information content (AvgIpc) is 2.79. The number of hydrogen-bond acceptors (Lipinski definition) is 2. The molecule has 4 heteroatoms. The molecule has 0 bridgehead atoms. The van der Waals surface area contributed by atoms with Crippen LogP contribution in [-0.2, 0) is 29.0 Å². The van der Waals surface area contributed by atoms with Crippen molar-refractivity contribution >= 4 is 11.8 Å². The van der Waals surface area contributed by atoms with Gasteiger partial charge in [-0.2, -0.15) is 0 Å². The summed E-state index contributed by atoms with van der Waals surface area (Å²) < 4.78 is 0. The highest BCUT2D eigenvalue weighted by Gasteiger charge is 2.31. The van der Waals surface area contributed by atoms with E-state index in [2.05, 4.69) is 5.32 Å². The number of amides is 2. The van der Waals surface area contributed by atoms with Crippen molar-refractivity contribution in [2.75, 3.05) is 0 Å². The summed E-state index contributed by atoms with van der Waals surface area (Å²) in [6.07, 6.45) is 0.726. The van der Waals surface area contributed by atoms with Gasteiger partial charge in [0.05, 0.1) is 6.42 Å². The van der Waals surface area contributed by atoms with Gasteiger partial charge in [-0.05, 0) is 55.5 Å². The van der Waals surface area contributed by atoms with Crippen LogP contribution >= 0.6 is 0 Å². The second-order valence-corrected chi connectivity index (χ2v) is 8.92. The van der Waals surface area contributed by atoms with E-state index < -0.39 is 6.04 Å². The number of carbonyl (C=O) groups is 2. The fourth-order valence-electron chi connectivity index (χ4n) is 3.98. The molecule has 1 N–H and O–H groups in total. The van der Waals surface area contributed by atoms with E-state index >= 15 is 0 Å². The molecule has 3 rings (SSSR count). The highest BCUT2D eigenvalue weighted by molar-refractivity contribution is 5.89. The lowest BCUT2D eigenvalue weighted by Gasteiger charge is -2.32. The van der Waals surface area contributed by atoms with Gasteiger partial charge in [-0.1, -0.05) is 78.9 Å². The second-order valence-electron chi connectivity index (χ2n) is 8.92. The zero-order chi connectivity index (χ0) is 23.8. The Morgan fingerprint density at radius 3 is 1.91 bits per heavy atom. The van der Waals surface area contributed by atoms with E-state index in [0.717, 1.165) is 27.8 Å². The molecule has 0 aliphatic heterocycles. The molecule has 0 saturated heterocycles. The Morgan fingerprint density at radius 2 is 1.33 bits per heavy atom. The maximum absolute atomic E-state index is 13.7. The van der Waals surface area contributed by atoms with E-state index in [0.29, 0.717) is 13.0 Å². The van der Waals surface area contributed by atoms with Crippen LogP contribution in [0.2, 0.25) is 0 Å². The summed E-state index contributed by atoms with van der Waals surface area (Å²) in [7, 11) is 0. The quantitative estimate of drug-likeness (QED) is 0.506. The Balaban J connectivity index is 1.99. The van der Waals surface area contributed by atoms with Crippen molar-refractivity contribution in [3.05, 3.63) is 107 Å². The molecule has 0 aliphatic rings. The van der Waals surface area contributed by atoms with Gasteiger partial charge in [0.2, 0.25) is 11.8 Å². The summed E-state index contributed by atoms with van der Waals surface area (Å²) in [4.78, 5) is 28.9. The minimum atomic E-state index is -0.606. The maximum atomic E-state index is 13.7. The number of carbonyl (C=O) groups excluding carboxylic acids is 2. The molecular weight excluding hydrogens is 408 g/mol. The number of rotatable bonds is 9. The molecule has 1 atom stereocenters. The Morgan fingerprint density at radius 1 is 0.788 bits per heavy atom. The van der Waals surface area contributed by atoms with Crippen LogP contribution in [0.3, 0.4) is 0 Å². The zero-order valence-corrected chi connectivity index (χ0v) is 20.0. The van der Waals surface area contributed by atoms with Gasteiger partial charge in [0.15, 0.2) is 0 Å². The van der Waals surface area contributed by atoms with Crippen LogP contribution in [-0.4, -0.2) is 28.8 Å². The number of nitrogens with zero attached hydrogens (tertiary/aromatic N) is 1. The average molecular weight is 443 g/mol. The zero-order valence-electron chi connectivity index (χ0n) is 20.0. The lowest BCUT2D eigenvalue weighted by molar-refractivity contribution is -0.141. The standard InChI is InChI=1S/C29H34N2O2/c1-21(2)30-29(33)27(18-24-14-6-5-7-15-24)31(20-26-17-11-9-13-23(26)4)28(32)19-25-16-10-8-12-22(25)3/h5-17,21,27H,18-20H2,1-4H3,(H,30,33). The minimum Gasteiger partial charge on any atom is -0.352 e. The van der Waals surface area contributed by atoms with Crippen molar-refractivity contribution in [3.8, 4) is 0 Å². The van der Waals surface area contributed by atoms with E-state index in [1.807, 2.05) is 107 Å². The topological polar surface area (TPSA) is 49.4 Å². The number of hydrogen-bond donors (Lipinski definition) is 1. The normalized spacial score (nSPS) is 11.8. The van der Waals surface area contributed by atoms with Crippen molar-refractivity contribution in [2.45, 2.75) is 59.2 Å². The lowest BCUT2D eigenvalue weighted by atomic mass is 9.99. The van der Waals surface area contributed by atoms with Crippen LogP contribution in [0.15, 0.2) is 78.9 Å². The molecule has 2 amide bonds. The van der Waals surface area contributed by atoms with Crippen molar-refractivity contribution < 1.29 is 9.59 Å². The lowest BCUT2D eigenvalue weighted by Crippen LogP contribution is -2.52. The van der Waals surface area contributed by atoms with Crippen LogP contribution in [0.4, 0.5) is 0 Å². The van der Waals surface area contributed by atoms with Gasteiger partial charge in [-0.3, -0.25) is 9.59 Å². The smallest absolute Gasteiger partial charge is 0.243 e. The Hall–Kier alpha value is -3.40. The highest BCUT2D eigenvalue weighted by Crippen LogP contribution is 2.19. The molecular formula is C29H34N2O2. The Labute approximate surface area is 197 Å². The fourth-order valence-corrected chi connectivity index (χ4v) is 3.98. The summed E-state index contributed by atoms with van der Waals surface area (Å²) in [5, 5.41) is 3.04.